The Morgan fingerprint density at radius 1 is 1.38 bits per heavy atom. The number of aromatic nitrogens is 3. The Morgan fingerprint density at radius 2 is 2.06 bits per heavy atom. The molecule has 1 aromatic heterocycles. The van der Waals surface area contributed by atoms with Crippen molar-refractivity contribution in [2.24, 2.45) is 0 Å². The Morgan fingerprint density at radius 3 is 2.62 bits per heavy atom. The lowest BCUT2D eigenvalue weighted by molar-refractivity contribution is -0.394. The molecule has 0 bridgehead atoms. The van der Waals surface area contributed by atoms with Gasteiger partial charge < -0.3 is 10.1 Å². The van der Waals surface area contributed by atoms with E-state index in [4.69, 9.17) is 0 Å². The first-order valence-electron chi connectivity index (χ1n) is 4.45. The first kappa shape index (κ1) is 10.7. The van der Waals surface area contributed by atoms with Gasteiger partial charge in [-0.2, -0.15) is 4.68 Å². The van der Waals surface area contributed by atoms with Crippen LogP contribution in [0.5, 0.6) is 0 Å². The molecule has 16 heavy (non-hydrogen) atoms. The lowest BCUT2D eigenvalue weighted by Gasteiger charge is -1.97. The largest absolute Gasteiger partial charge is 0.492 e. The average Bonchev–Trinajstić information content (AvgIpc) is 2.62. The third-order valence-corrected chi connectivity index (χ3v) is 2.54. The fourth-order valence-electron chi connectivity index (χ4n) is 1.25. The third-order valence-electron chi connectivity index (χ3n) is 1.95. The zero-order valence-electron chi connectivity index (χ0n) is 8.08. The van der Waals surface area contributed by atoms with Gasteiger partial charge in [-0.25, -0.2) is 0 Å². The number of benzene rings is 1. The summed E-state index contributed by atoms with van der Waals surface area (Å²) in [6.45, 7) is 0.447. The van der Waals surface area contributed by atoms with Crippen LogP contribution in [0.25, 0.3) is 0 Å². The highest BCUT2D eigenvalue weighted by Crippen LogP contribution is 2.13. The van der Waals surface area contributed by atoms with Crippen LogP contribution in [0.4, 0.5) is 5.95 Å². The molecule has 0 radical (unpaired) electrons. The number of nitro groups is 1. The molecule has 82 valence electrons. The van der Waals surface area contributed by atoms with Crippen molar-refractivity contribution in [3.8, 4) is 0 Å². The van der Waals surface area contributed by atoms with Gasteiger partial charge in [0.2, 0.25) is 0 Å². The summed E-state index contributed by atoms with van der Waals surface area (Å²) >= 11 is 3.13. The average molecular weight is 283 g/mol. The van der Waals surface area contributed by atoms with E-state index in [1.54, 1.807) is 0 Å². The second-order valence-electron chi connectivity index (χ2n) is 3.08. The molecule has 0 amide bonds. The van der Waals surface area contributed by atoms with E-state index in [0.717, 1.165) is 5.56 Å². The zero-order valence-corrected chi connectivity index (χ0v) is 9.66. The van der Waals surface area contributed by atoms with E-state index < -0.39 is 10.9 Å². The van der Waals surface area contributed by atoms with Crippen molar-refractivity contribution in [3.05, 3.63) is 50.7 Å². The predicted molar refractivity (Wildman–Crippen MR) is 59.9 cm³/mol. The van der Waals surface area contributed by atoms with Gasteiger partial charge in [0.25, 0.3) is 4.73 Å². The summed E-state index contributed by atoms with van der Waals surface area (Å²) in [7, 11) is 0. The number of rotatable bonds is 3. The first-order valence-corrected chi connectivity index (χ1v) is 5.25. The molecule has 0 N–H and O–H groups in total. The molecule has 7 heteroatoms. The van der Waals surface area contributed by atoms with Gasteiger partial charge in [-0.05, 0) is 15.5 Å². The Hall–Kier alpha value is -1.76. The van der Waals surface area contributed by atoms with Crippen molar-refractivity contribution in [1.82, 2.24) is 14.8 Å². The Bertz CT molecular complexity index is 511. The van der Waals surface area contributed by atoms with Gasteiger partial charge in [-0.3, -0.25) is 0 Å². The van der Waals surface area contributed by atoms with Crippen LogP contribution in [-0.4, -0.2) is 19.7 Å². The molecule has 0 atom stereocenters. The number of halogens is 1. The standard InChI is InChI=1S/C9H7BrN4O2/c10-8-11-9(14(15)16)12-13(8)6-7-4-2-1-3-5-7/h1-5H,6H2. The fraction of sp³-hybridized carbons (Fsp3) is 0.111. The van der Waals surface area contributed by atoms with Crippen molar-refractivity contribution < 1.29 is 4.92 Å². The Labute approximate surface area is 99.2 Å². The van der Waals surface area contributed by atoms with Crippen LogP contribution in [0.15, 0.2) is 35.1 Å². The maximum absolute atomic E-state index is 10.5. The van der Waals surface area contributed by atoms with E-state index in [9.17, 15) is 10.1 Å². The van der Waals surface area contributed by atoms with Gasteiger partial charge in [0.1, 0.15) is 0 Å². The smallest absolute Gasteiger partial charge is 0.390 e. The van der Waals surface area contributed by atoms with E-state index in [-0.39, 0.29) is 0 Å². The van der Waals surface area contributed by atoms with E-state index >= 15 is 0 Å². The normalized spacial score (nSPS) is 10.3. The monoisotopic (exact) mass is 282 g/mol. The van der Waals surface area contributed by atoms with Gasteiger partial charge >= 0.3 is 5.95 Å². The molecule has 1 heterocycles. The van der Waals surface area contributed by atoms with E-state index in [2.05, 4.69) is 26.0 Å². The maximum atomic E-state index is 10.5. The molecule has 0 spiro atoms. The van der Waals surface area contributed by atoms with Crippen molar-refractivity contribution in [2.75, 3.05) is 0 Å². The summed E-state index contributed by atoms with van der Waals surface area (Å²) in [5, 5.41) is 14.2. The number of nitrogens with zero attached hydrogens (tertiary/aromatic N) is 4. The maximum Gasteiger partial charge on any atom is 0.492 e. The van der Waals surface area contributed by atoms with E-state index in [0.29, 0.717) is 11.3 Å². The highest BCUT2D eigenvalue weighted by molar-refractivity contribution is 9.10. The highest BCUT2D eigenvalue weighted by Gasteiger charge is 2.19. The number of hydrogen-bond acceptors (Lipinski definition) is 4. The molecule has 1 aromatic carbocycles. The lowest BCUT2D eigenvalue weighted by atomic mass is 10.2. The lowest BCUT2D eigenvalue weighted by Crippen LogP contribution is -2.02. The molecular weight excluding hydrogens is 276 g/mol. The topological polar surface area (TPSA) is 73.8 Å². The van der Waals surface area contributed by atoms with Crippen molar-refractivity contribution in [2.45, 2.75) is 6.54 Å². The van der Waals surface area contributed by atoms with E-state index in [1.807, 2.05) is 30.3 Å². The van der Waals surface area contributed by atoms with Gasteiger partial charge in [0.15, 0.2) is 0 Å². The molecule has 6 nitrogen and oxygen atoms in total. The van der Waals surface area contributed by atoms with Crippen LogP contribution in [0.1, 0.15) is 5.56 Å². The summed E-state index contributed by atoms with van der Waals surface area (Å²) in [5.41, 5.74) is 1.00. The van der Waals surface area contributed by atoms with Crippen molar-refractivity contribution in [3.63, 3.8) is 0 Å². The van der Waals surface area contributed by atoms with Crippen LogP contribution >= 0.6 is 15.9 Å². The van der Waals surface area contributed by atoms with Crippen LogP contribution in [-0.2, 0) is 6.54 Å². The predicted octanol–water partition coefficient (Wildman–Crippen LogP) is 2.00. The Balaban J connectivity index is 2.25. The second-order valence-corrected chi connectivity index (χ2v) is 3.79. The van der Waals surface area contributed by atoms with E-state index in [1.165, 1.54) is 4.68 Å². The highest BCUT2D eigenvalue weighted by atomic mass is 79.9. The molecule has 0 saturated heterocycles. The van der Waals surface area contributed by atoms with Crippen LogP contribution in [0.2, 0.25) is 0 Å². The van der Waals surface area contributed by atoms with Crippen LogP contribution in [0, 0.1) is 10.1 Å². The number of hydrogen-bond donors (Lipinski definition) is 0. The molecule has 0 aliphatic heterocycles. The molecule has 2 rings (SSSR count). The summed E-state index contributed by atoms with van der Waals surface area (Å²) in [4.78, 5) is 13.5. The molecule has 0 aliphatic carbocycles. The van der Waals surface area contributed by atoms with Crippen LogP contribution in [0.3, 0.4) is 0 Å². The van der Waals surface area contributed by atoms with Gasteiger partial charge in [0, 0.05) is 21.0 Å². The first-order chi connectivity index (χ1) is 7.66. The minimum Gasteiger partial charge on any atom is -0.390 e. The van der Waals surface area contributed by atoms with Crippen molar-refractivity contribution in [1.29, 1.82) is 0 Å². The summed E-state index contributed by atoms with van der Waals surface area (Å²) in [6, 6.07) is 9.53. The van der Waals surface area contributed by atoms with Gasteiger partial charge in [-0.1, -0.05) is 30.3 Å². The zero-order chi connectivity index (χ0) is 11.5. The minimum absolute atomic E-state index is 0.350. The third kappa shape index (κ3) is 2.25. The summed E-state index contributed by atoms with van der Waals surface area (Å²) in [5.74, 6) is -0.400. The molecule has 2 aromatic rings. The molecule has 0 fully saturated rings. The quantitative estimate of drug-likeness (QED) is 0.637. The molecule has 0 aliphatic rings. The van der Waals surface area contributed by atoms with Crippen LogP contribution < -0.4 is 0 Å². The molecular formula is C9H7BrN4O2. The Kier molecular flexibility index (Phi) is 2.95. The van der Waals surface area contributed by atoms with Gasteiger partial charge in [0.05, 0.1) is 6.54 Å². The summed E-state index contributed by atoms with van der Waals surface area (Å²) in [6.07, 6.45) is 0. The summed E-state index contributed by atoms with van der Waals surface area (Å²) < 4.78 is 1.79. The molecule has 0 unspecified atom stereocenters. The molecule has 0 saturated carbocycles. The SMILES string of the molecule is O=[N+]([O-])c1nc(Br)n(Cc2ccccc2)n1. The fourth-order valence-corrected chi connectivity index (χ4v) is 1.61. The second kappa shape index (κ2) is 4.40. The van der Waals surface area contributed by atoms with Crippen molar-refractivity contribution >= 4 is 21.9 Å². The minimum atomic E-state index is -0.619. The van der Waals surface area contributed by atoms with Gasteiger partial charge in [-0.15, -0.1) is 0 Å².